The SMILES string of the molecule is COC[C@H](C)NC(=O)COc1ncnc2ccc(Br)cc12. The Balaban J connectivity index is 2.03. The third kappa shape index (κ3) is 4.37. The van der Waals surface area contributed by atoms with Gasteiger partial charge in [0, 0.05) is 17.6 Å². The number of fused-ring (bicyclic) bond motifs is 1. The molecule has 2 rings (SSSR count). The van der Waals surface area contributed by atoms with E-state index in [-0.39, 0.29) is 18.6 Å². The molecule has 0 spiro atoms. The summed E-state index contributed by atoms with van der Waals surface area (Å²) in [6, 6.07) is 5.53. The molecule has 0 unspecified atom stereocenters. The molecule has 0 aliphatic heterocycles. The van der Waals surface area contributed by atoms with E-state index >= 15 is 0 Å². The summed E-state index contributed by atoms with van der Waals surface area (Å²) in [5.41, 5.74) is 0.761. The van der Waals surface area contributed by atoms with Crippen LogP contribution in [0.4, 0.5) is 0 Å². The molecule has 0 radical (unpaired) electrons. The Labute approximate surface area is 131 Å². The molecule has 1 aromatic heterocycles. The first-order valence-electron chi connectivity index (χ1n) is 6.41. The number of rotatable bonds is 6. The minimum atomic E-state index is -0.221. The van der Waals surface area contributed by atoms with E-state index in [2.05, 4.69) is 31.2 Å². The monoisotopic (exact) mass is 353 g/mol. The Hall–Kier alpha value is -1.73. The first-order chi connectivity index (χ1) is 10.1. The van der Waals surface area contributed by atoms with Gasteiger partial charge in [-0.15, -0.1) is 0 Å². The van der Waals surface area contributed by atoms with Crippen molar-refractivity contribution < 1.29 is 14.3 Å². The van der Waals surface area contributed by atoms with Gasteiger partial charge in [-0.05, 0) is 25.1 Å². The molecular formula is C14H16BrN3O3. The molecule has 1 heterocycles. The lowest BCUT2D eigenvalue weighted by atomic mass is 10.2. The van der Waals surface area contributed by atoms with Crippen LogP contribution >= 0.6 is 15.9 Å². The lowest BCUT2D eigenvalue weighted by Gasteiger charge is -2.13. The average molecular weight is 354 g/mol. The van der Waals surface area contributed by atoms with Gasteiger partial charge < -0.3 is 14.8 Å². The van der Waals surface area contributed by atoms with Crippen LogP contribution in [0.2, 0.25) is 0 Å². The second-order valence-electron chi connectivity index (χ2n) is 4.55. The van der Waals surface area contributed by atoms with Crippen molar-refractivity contribution in [3.8, 4) is 5.88 Å². The minimum absolute atomic E-state index is 0.0672. The summed E-state index contributed by atoms with van der Waals surface area (Å²) >= 11 is 3.39. The average Bonchev–Trinajstić information content (AvgIpc) is 2.45. The molecule has 0 aliphatic carbocycles. The Morgan fingerprint density at radius 1 is 1.43 bits per heavy atom. The van der Waals surface area contributed by atoms with Crippen molar-refractivity contribution in [1.29, 1.82) is 0 Å². The van der Waals surface area contributed by atoms with Gasteiger partial charge in [-0.1, -0.05) is 15.9 Å². The van der Waals surface area contributed by atoms with Gasteiger partial charge in [0.05, 0.1) is 17.5 Å². The summed E-state index contributed by atoms with van der Waals surface area (Å²) in [4.78, 5) is 20.0. The van der Waals surface area contributed by atoms with E-state index in [1.54, 1.807) is 7.11 Å². The van der Waals surface area contributed by atoms with Crippen molar-refractivity contribution in [2.75, 3.05) is 20.3 Å². The van der Waals surface area contributed by atoms with Crippen LogP contribution in [0.1, 0.15) is 6.92 Å². The maximum atomic E-state index is 11.8. The van der Waals surface area contributed by atoms with Gasteiger partial charge in [0.25, 0.3) is 5.91 Å². The smallest absolute Gasteiger partial charge is 0.258 e. The molecule has 112 valence electrons. The first-order valence-corrected chi connectivity index (χ1v) is 7.21. The highest BCUT2D eigenvalue weighted by Gasteiger charge is 2.10. The van der Waals surface area contributed by atoms with Crippen molar-refractivity contribution in [3.63, 3.8) is 0 Å². The van der Waals surface area contributed by atoms with E-state index in [9.17, 15) is 4.79 Å². The van der Waals surface area contributed by atoms with Crippen molar-refractivity contribution in [1.82, 2.24) is 15.3 Å². The molecule has 0 fully saturated rings. The predicted octanol–water partition coefficient (Wildman–Crippen LogP) is 1.92. The fourth-order valence-corrected chi connectivity index (χ4v) is 2.22. The predicted molar refractivity (Wildman–Crippen MR) is 82.2 cm³/mol. The van der Waals surface area contributed by atoms with Crippen LogP contribution in [0.5, 0.6) is 5.88 Å². The van der Waals surface area contributed by atoms with Crippen LogP contribution in [0.15, 0.2) is 29.0 Å². The minimum Gasteiger partial charge on any atom is -0.467 e. The van der Waals surface area contributed by atoms with Gasteiger partial charge in [0.15, 0.2) is 6.61 Å². The second-order valence-corrected chi connectivity index (χ2v) is 5.47. The van der Waals surface area contributed by atoms with Crippen LogP contribution in [0, 0.1) is 0 Å². The van der Waals surface area contributed by atoms with Crippen molar-refractivity contribution in [2.24, 2.45) is 0 Å². The number of carbonyl (C=O) groups is 1. The Kier molecular flexibility index (Phi) is 5.46. The third-order valence-electron chi connectivity index (χ3n) is 2.72. The Morgan fingerprint density at radius 3 is 3.00 bits per heavy atom. The highest BCUT2D eigenvalue weighted by atomic mass is 79.9. The summed E-state index contributed by atoms with van der Waals surface area (Å²) in [5.74, 6) is 0.164. The van der Waals surface area contributed by atoms with Crippen molar-refractivity contribution in [3.05, 3.63) is 29.0 Å². The molecular weight excluding hydrogens is 338 g/mol. The molecule has 0 saturated heterocycles. The number of carbonyl (C=O) groups excluding carboxylic acids is 1. The number of nitrogens with zero attached hydrogens (tertiary/aromatic N) is 2. The van der Waals surface area contributed by atoms with E-state index in [0.717, 1.165) is 15.4 Å². The summed E-state index contributed by atoms with van der Waals surface area (Å²) in [6.45, 7) is 2.21. The number of aromatic nitrogens is 2. The molecule has 7 heteroatoms. The number of nitrogens with one attached hydrogen (secondary N) is 1. The highest BCUT2D eigenvalue weighted by Crippen LogP contribution is 2.24. The molecule has 1 atom stereocenters. The molecule has 1 N–H and O–H groups in total. The number of hydrogen-bond acceptors (Lipinski definition) is 5. The normalized spacial score (nSPS) is 12.1. The van der Waals surface area contributed by atoms with E-state index in [0.29, 0.717) is 12.5 Å². The first kappa shape index (κ1) is 15.7. The third-order valence-corrected chi connectivity index (χ3v) is 3.22. The zero-order chi connectivity index (χ0) is 15.2. The van der Waals surface area contributed by atoms with Gasteiger partial charge in [-0.25, -0.2) is 9.97 Å². The molecule has 0 aliphatic rings. The summed E-state index contributed by atoms with van der Waals surface area (Å²) in [5, 5.41) is 3.52. The van der Waals surface area contributed by atoms with E-state index in [1.807, 2.05) is 25.1 Å². The van der Waals surface area contributed by atoms with Gasteiger partial charge in [0.2, 0.25) is 5.88 Å². The number of methoxy groups -OCH3 is 1. The number of benzene rings is 1. The summed E-state index contributed by atoms with van der Waals surface area (Å²) in [7, 11) is 1.59. The lowest BCUT2D eigenvalue weighted by molar-refractivity contribution is -0.124. The number of halogens is 1. The number of ether oxygens (including phenoxy) is 2. The molecule has 0 saturated carbocycles. The molecule has 1 amide bonds. The van der Waals surface area contributed by atoms with Gasteiger partial charge in [0.1, 0.15) is 6.33 Å². The van der Waals surface area contributed by atoms with Gasteiger partial charge in [-0.2, -0.15) is 0 Å². The molecule has 0 bridgehead atoms. The topological polar surface area (TPSA) is 73.3 Å². The van der Waals surface area contributed by atoms with Crippen LogP contribution in [-0.4, -0.2) is 42.2 Å². The van der Waals surface area contributed by atoms with Crippen LogP contribution in [-0.2, 0) is 9.53 Å². The quantitative estimate of drug-likeness (QED) is 0.858. The van der Waals surface area contributed by atoms with Crippen molar-refractivity contribution in [2.45, 2.75) is 13.0 Å². The molecule has 6 nitrogen and oxygen atoms in total. The molecule has 21 heavy (non-hydrogen) atoms. The van der Waals surface area contributed by atoms with Gasteiger partial charge in [-0.3, -0.25) is 4.79 Å². The number of hydrogen-bond donors (Lipinski definition) is 1. The fourth-order valence-electron chi connectivity index (χ4n) is 1.86. The zero-order valence-electron chi connectivity index (χ0n) is 11.8. The van der Waals surface area contributed by atoms with E-state index < -0.39 is 0 Å². The summed E-state index contributed by atoms with van der Waals surface area (Å²) in [6.07, 6.45) is 1.41. The highest BCUT2D eigenvalue weighted by molar-refractivity contribution is 9.10. The lowest BCUT2D eigenvalue weighted by Crippen LogP contribution is -2.38. The van der Waals surface area contributed by atoms with Crippen LogP contribution < -0.4 is 10.1 Å². The zero-order valence-corrected chi connectivity index (χ0v) is 13.4. The van der Waals surface area contributed by atoms with Crippen LogP contribution in [0.25, 0.3) is 10.9 Å². The standard InChI is InChI=1S/C14H16BrN3O3/c1-9(6-20-2)18-13(19)7-21-14-11-5-10(15)3-4-12(11)16-8-17-14/h3-5,8-9H,6-7H2,1-2H3,(H,18,19)/t9-/m0/s1. The maximum Gasteiger partial charge on any atom is 0.258 e. The van der Waals surface area contributed by atoms with E-state index in [1.165, 1.54) is 6.33 Å². The number of amides is 1. The van der Waals surface area contributed by atoms with Gasteiger partial charge >= 0.3 is 0 Å². The largest absolute Gasteiger partial charge is 0.467 e. The van der Waals surface area contributed by atoms with E-state index in [4.69, 9.17) is 9.47 Å². The second kappa shape index (κ2) is 7.33. The fraction of sp³-hybridized carbons (Fsp3) is 0.357. The Morgan fingerprint density at radius 2 is 2.24 bits per heavy atom. The summed E-state index contributed by atoms with van der Waals surface area (Å²) < 4.78 is 11.3. The Bertz CT molecular complexity index is 636. The molecule has 2 aromatic rings. The molecule has 1 aromatic carbocycles. The van der Waals surface area contributed by atoms with Crippen molar-refractivity contribution >= 4 is 32.7 Å². The maximum absolute atomic E-state index is 11.8. The van der Waals surface area contributed by atoms with Crippen LogP contribution in [0.3, 0.4) is 0 Å².